The first-order valence-corrected chi connectivity index (χ1v) is 7.32. The van der Waals surface area contributed by atoms with Crippen LogP contribution in [0.2, 0.25) is 0 Å². The average molecular weight is 303 g/mol. The van der Waals surface area contributed by atoms with Gasteiger partial charge in [-0.3, -0.25) is 4.79 Å². The Balaban J connectivity index is 1.98. The molecule has 7 nitrogen and oxygen atoms in total. The van der Waals surface area contributed by atoms with Crippen molar-refractivity contribution >= 4 is 11.7 Å². The highest BCUT2D eigenvalue weighted by molar-refractivity contribution is 5.98. The number of anilines is 1. The van der Waals surface area contributed by atoms with E-state index in [9.17, 15) is 4.79 Å². The number of furan rings is 1. The molecule has 1 amide bonds. The molecule has 0 aliphatic carbocycles. The molecule has 0 aromatic carbocycles. The van der Waals surface area contributed by atoms with Crippen molar-refractivity contribution in [1.29, 1.82) is 0 Å². The summed E-state index contributed by atoms with van der Waals surface area (Å²) in [6, 6.07) is 3.47. The minimum atomic E-state index is -0.268. The molecule has 0 saturated heterocycles. The van der Waals surface area contributed by atoms with Crippen LogP contribution < -0.4 is 11.1 Å². The zero-order valence-electron chi connectivity index (χ0n) is 12.9. The van der Waals surface area contributed by atoms with Crippen LogP contribution in [0.1, 0.15) is 24.2 Å². The van der Waals surface area contributed by atoms with Crippen molar-refractivity contribution in [3.8, 4) is 11.6 Å². The molecule has 2 aromatic rings. The molecule has 0 saturated carbocycles. The molecule has 2 aromatic heterocycles. The van der Waals surface area contributed by atoms with Gasteiger partial charge >= 0.3 is 0 Å². The van der Waals surface area contributed by atoms with Crippen LogP contribution in [0.15, 0.2) is 29.0 Å². The van der Waals surface area contributed by atoms with E-state index in [0.29, 0.717) is 18.1 Å². The van der Waals surface area contributed by atoms with Gasteiger partial charge in [-0.2, -0.15) is 0 Å². The van der Waals surface area contributed by atoms with Gasteiger partial charge in [-0.1, -0.05) is 13.8 Å². The topological polar surface area (TPSA) is 97.3 Å². The second kappa shape index (κ2) is 7.56. The Hall–Kier alpha value is -2.41. The third-order valence-corrected chi connectivity index (χ3v) is 3.41. The molecular weight excluding hydrogens is 282 g/mol. The van der Waals surface area contributed by atoms with Gasteiger partial charge in [0.2, 0.25) is 0 Å². The van der Waals surface area contributed by atoms with E-state index < -0.39 is 0 Å². The highest BCUT2D eigenvalue weighted by Gasteiger charge is 2.14. The molecule has 3 N–H and O–H groups in total. The Morgan fingerprint density at radius 1 is 1.41 bits per heavy atom. The van der Waals surface area contributed by atoms with Gasteiger partial charge in [-0.15, -0.1) is 0 Å². The van der Waals surface area contributed by atoms with E-state index in [-0.39, 0.29) is 17.3 Å². The standard InChI is InChI=1S/C15H21N5O2/c1-3-20(4-2)8-7-17-15(21)11-10-18-14(19-13(11)16)12-6-5-9-22-12/h5-6,9-10H,3-4,7-8H2,1-2H3,(H,17,21)(H2,16,18,19). The van der Waals surface area contributed by atoms with Crippen LogP contribution in [0.4, 0.5) is 5.82 Å². The number of hydrogen-bond acceptors (Lipinski definition) is 6. The lowest BCUT2D eigenvalue weighted by Gasteiger charge is -2.18. The zero-order valence-corrected chi connectivity index (χ0v) is 12.9. The van der Waals surface area contributed by atoms with Gasteiger partial charge < -0.3 is 20.4 Å². The Labute approximate surface area is 129 Å². The number of nitrogens with zero attached hydrogens (tertiary/aromatic N) is 3. The van der Waals surface area contributed by atoms with Gasteiger partial charge in [0.1, 0.15) is 5.82 Å². The SMILES string of the molecule is CCN(CC)CCNC(=O)c1cnc(-c2ccco2)nc1N. The molecule has 0 radical (unpaired) electrons. The molecule has 0 spiro atoms. The Kier molecular flexibility index (Phi) is 5.48. The normalized spacial score (nSPS) is 10.9. The summed E-state index contributed by atoms with van der Waals surface area (Å²) in [5, 5.41) is 2.83. The van der Waals surface area contributed by atoms with Gasteiger partial charge in [0.25, 0.3) is 5.91 Å². The summed E-state index contributed by atoms with van der Waals surface area (Å²) in [5.41, 5.74) is 6.12. The Bertz CT molecular complexity index is 608. The summed E-state index contributed by atoms with van der Waals surface area (Å²) in [6.07, 6.45) is 2.95. The molecule has 118 valence electrons. The number of likely N-dealkylation sites (N-methyl/N-ethyl adjacent to an activating group) is 1. The lowest BCUT2D eigenvalue weighted by Crippen LogP contribution is -2.35. The predicted molar refractivity (Wildman–Crippen MR) is 84.3 cm³/mol. The van der Waals surface area contributed by atoms with Crippen molar-refractivity contribution in [1.82, 2.24) is 20.2 Å². The fourth-order valence-corrected chi connectivity index (χ4v) is 2.06. The molecule has 0 aliphatic rings. The average Bonchev–Trinajstić information content (AvgIpc) is 3.05. The molecule has 0 atom stereocenters. The van der Waals surface area contributed by atoms with Crippen LogP contribution in [-0.2, 0) is 0 Å². The molecule has 0 unspecified atom stereocenters. The largest absolute Gasteiger partial charge is 0.461 e. The molecular formula is C15H21N5O2. The van der Waals surface area contributed by atoms with E-state index >= 15 is 0 Å². The van der Waals surface area contributed by atoms with Crippen molar-refractivity contribution in [3.05, 3.63) is 30.2 Å². The van der Waals surface area contributed by atoms with Crippen LogP contribution in [0, 0.1) is 0 Å². The molecule has 22 heavy (non-hydrogen) atoms. The quantitative estimate of drug-likeness (QED) is 0.802. The predicted octanol–water partition coefficient (Wildman–Crippen LogP) is 1.39. The lowest BCUT2D eigenvalue weighted by molar-refractivity contribution is 0.0949. The summed E-state index contributed by atoms with van der Waals surface area (Å²) >= 11 is 0. The first kappa shape index (κ1) is 16.0. The number of carbonyl (C=O) groups is 1. The monoisotopic (exact) mass is 303 g/mol. The van der Waals surface area contributed by atoms with Crippen molar-refractivity contribution in [3.63, 3.8) is 0 Å². The maximum atomic E-state index is 12.1. The molecule has 7 heteroatoms. The summed E-state index contributed by atoms with van der Waals surface area (Å²) in [6.45, 7) is 7.43. The van der Waals surface area contributed by atoms with Gasteiger partial charge in [-0.25, -0.2) is 9.97 Å². The number of amides is 1. The summed E-state index contributed by atoms with van der Waals surface area (Å²) in [4.78, 5) is 22.6. The summed E-state index contributed by atoms with van der Waals surface area (Å²) in [7, 11) is 0. The maximum Gasteiger partial charge on any atom is 0.256 e. The Morgan fingerprint density at radius 2 is 2.18 bits per heavy atom. The second-order valence-electron chi connectivity index (χ2n) is 4.75. The van der Waals surface area contributed by atoms with Crippen LogP contribution in [-0.4, -0.2) is 47.0 Å². The van der Waals surface area contributed by atoms with Gasteiger partial charge in [0.05, 0.1) is 11.8 Å². The first-order valence-electron chi connectivity index (χ1n) is 7.32. The number of carbonyl (C=O) groups excluding carboxylic acids is 1. The number of rotatable bonds is 7. The van der Waals surface area contributed by atoms with E-state index in [2.05, 4.69) is 34.0 Å². The van der Waals surface area contributed by atoms with Crippen molar-refractivity contribution in [2.45, 2.75) is 13.8 Å². The first-order chi connectivity index (χ1) is 10.7. The van der Waals surface area contributed by atoms with Crippen LogP contribution in [0.5, 0.6) is 0 Å². The van der Waals surface area contributed by atoms with Crippen molar-refractivity contribution in [2.75, 3.05) is 31.9 Å². The maximum absolute atomic E-state index is 12.1. The van der Waals surface area contributed by atoms with Gasteiger partial charge in [-0.05, 0) is 25.2 Å². The van der Waals surface area contributed by atoms with E-state index in [4.69, 9.17) is 10.2 Å². The number of nitrogens with one attached hydrogen (secondary N) is 1. The van der Waals surface area contributed by atoms with E-state index in [1.807, 2.05) is 0 Å². The number of aromatic nitrogens is 2. The van der Waals surface area contributed by atoms with Crippen LogP contribution in [0.3, 0.4) is 0 Å². The van der Waals surface area contributed by atoms with Gasteiger partial charge in [0, 0.05) is 19.3 Å². The number of nitrogen functional groups attached to an aromatic ring is 1. The number of nitrogens with two attached hydrogens (primary N) is 1. The summed E-state index contributed by atoms with van der Waals surface area (Å²) in [5.74, 6) is 0.750. The van der Waals surface area contributed by atoms with E-state index in [0.717, 1.165) is 19.6 Å². The fourth-order valence-electron chi connectivity index (χ4n) is 2.06. The Morgan fingerprint density at radius 3 is 2.77 bits per heavy atom. The number of hydrogen-bond donors (Lipinski definition) is 2. The molecule has 0 fully saturated rings. The molecule has 0 aliphatic heterocycles. The van der Waals surface area contributed by atoms with Crippen molar-refractivity contribution < 1.29 is 9.21 Å². The molecule has 2 rings (SSSR count). The molecule has 0 bridgehead atoms. The highest BCUT2D eigenvalue weighted by atomic mass is 16.3. The summed E-state index contributed by atoms with van der Waals surface area (Å²) < 4.78 is 5.20. The van der Waals surface area contributed by atoms with Crippen LogP contribution >= 0.6 is 0 Å². The van der Waals surface area contributed by atoms with E-state index in [1.54, 1.807) is 12.1 Å². The smallest absolute Gasteiger partial charge is 0.256 e. The fraction of sp³-hybridized carbons (Fsp3) is 0.400. The third kappa shape index (κ3) is 3.82. The molecule has 2 heterocycles. The van der Waals surface area contributed by atoms with E-state index in [1.165, 1.54) is 12.5 Å². The van der Waals surface area contributed by atoms with Gasteiger partial charge in [0.15, 0.2) is 11.6 Å². The second-order valence-corrected chi connectivity index (χ2v) is 4.75. The minimum absolute atomic E-state index is 0.140. The van der Waals surface area contributed by atoms with Crippen LogP contribution in [0.25, 0.3) is 11.6 Å². The lowest BCUT2D eigenvalue weighted by atomic mass is 10.2. The zero-order chi connectivity index (χ0) is 15.9. The minimum Gasteiger partial charge on any atom is -0.461 e. The van der Waals surface area contributed by atoms with Crippen molar-refractivity contribution in [2.24, 2.45) is 0 Å². The highest BCUT2D eigenvalue weighted by Crippen LogP contribution is 2.17. The third-order valence-electron chi connectivity index (χ3n) is 3.41.